The summed E-state index contributed by atoms with van der Waals surface area (Å²) < 4.78 is 11.9. The van der Waals surface area contributed by atoms with Gasteiger partial charge in [0.15, 0.2) is 0 Å². The monoisotopic (exact) mass is 557 g/mol. The Balaban J connectivity index is 1.50. The summed E-state index contributed by atoms with van der Waals surface area (Å²) in [5.74, 6) is -0.180. The molecule has 1 aliphatic rings. The molecule has 0 aromatic heterocycles. The lowest BCUT2D eigenvalue weighted by Crippen LogP contribution is -2.32. The number of hydrogen-bond acceptors (Lipinski definition) is 6. The molecule has 0 atom stereocenters. The molecule has 172 valence electrons. The van der Waals surface area contributed by atoms with Crippen LogP contribution in [0, 0.1) is 0 Å². The van der Waals surface area contributed by atoms with Crippen molar-refractivity contribution >= 4 is 62.5 Å². The van der Waals surface area contributed by atoms with Gasteiger partial charge in [0.2, 0.25) is 0 Å². The Hall–Kier alpha value is -3.07. The Kier molecular flexibility index (Phi) is 7.72. The van der Waals surface area contributed by atoms with Gasteiger partial charge in [-0.05, 0) is 60.3 Å². The van der Waals surface area contributed by atoms with Gasteiger partial charge in [-0.3, -0.25) is 14.5 Å². The largest absolute Gasteiger partial charge is 0.492 e. The Morgan fingerprint density at radius 2 is 1.76 bits per heavy atom. The predicted molar refractivity (Wildman–Crippen MR) is 135 cm³/mol. The van der Waals surface area contributed by atoms with Crippen LogP contribution in [0.4, 0.5) is 4.79 Å². The molecule has 3 aromatic carbocycles. The maximum absolute atomic E-state index is 12.9. The molecule has 4 rings (SSSR count). The van der Waals surface area contributed by atoms with Crippen molar-refractivity contribution in [2.75, 3.05) is 13.2 Å². The van der Waals surface area contributed by atoms with Gasteiger partial charge in [0.05, 0.1) is 22.0 Å². The van der Waals surface area contributed by atoms with Crippen molar-refractivity contribution in [3.63, 3.8) is 0 Å². The second kappa shape index (κ2) is 10.9. The first kappa shape index (κ1) is 24.1. The minimum atomic E-state index is -0.631. The van der Waals surface area contributed by atoms with Gasteiger partial charge in [0.1, 0.15) is 18.1 Å². The number of amides is 2. The normalized spacial score (nSPS) is 14.5. The molecule has 0 N–H and O–H groups in total. The molecule has 9 heteroatoms. The highest BCUT2D eigenvalue weighted by molar-refractivity contribution is 9.10. The summed E-state index contributed by atoms with van der Waals surface area (Å²) >= 11 is 10.3. The first-order valence-corrected chi connectivity index (χ1v) is 12.1. The highest BCUT2D eigenvalue weighted by Gasteiger charge is 2.35. The Labute approximate surface area is 213 Å². The number of hydrogen-bond donors (Lipinski definition) is 0. The summed E-state index contributed by atoms with van der Waals surface area (Å²) in [7, 11) is 0. The number of benzene rings is 3. The molecule has 1 fully saturated rings. The summed E-state index contributed by atoms with van der Waals surface area (Å²) in [6.45, 7) is 0.288. The van der Waals surface area contributed by atoms with Gasteiger partial charge in [-0.15, -0.1) is 0 Å². The number of thioether (sulfide) groups is 1. The topological polar surface area (TPSA) is 72.9 Å². The van der Waals surface area contributed by atoms with E-state index in [1.165, 1.54) is 6.08 Å². The zero-order chi connectivity index (χ0) is 24.1. The molecule has 6 nitrogen and oxygen atoms in total. The van der Waals surface area contributed by atoms with Crippen molar-refractivity contribution in [1.82, 2.24) is 4.90 Å². The van der Waals surface area contributed by atoms with E-state index in [-0.39, 0.29) is 34.4 Å². The third kappa shape index (κ3) is 5.70. The van der Waals surface area contributed by atoms with Crippen LogP contribution in [-0.4, -0.2) is 35.2 Å². The van der Waals surface area contributed by atoms with E-state index in [4.69, 9.17) is 21.1 Å². The van der Waals surface area contributed by atoms with Gasteiger partial charge in [0.25, 0.3) is 11.1 Å². The van der Waals surface area contributed by atoms with Gasteiger partial charge in [-0.25, -0.2) is 4.79 Å². The van der Waals surface area contributed by atoms with Gasteiger partial charge < -0.3 is 9.47 Å². The fourth-order valence-corrected chi connectivity index (χ4v) is 4.56. The molecule has 1 heterocycles. The predicted octanol–water partition coefficient (Wildman–Crippen LogP) is 6.44. The fraction of sp³-hybridized carbons (Fsp3) is 0.0800. The van der Waals surface area contributed by atoms with Crippen LogP contribution in [0.5, 0.6) is 11.5 Å². The number of para-hydroxylation sites is 1. The number of esters is 1. The molecule has 1 saturated heterocycles. The van der Waals surface area contributed by atoms with Crippen LogP contribution in [0.15, 0.2) is 82.2 Å². The molecule has 0 aliphatic carbocycles. The van der Waals surface area contributed by atoms with Crippen molar-refractivity contribution < 1.29 is 23.9 Å². The van der Waals surface area contributed by atoms with Crippen molar-refractivity contribution in [3.05, 3.63) is 98.3 Å². The molecule has 0 bridgehead atoms. The Morgan fingerprint density at radius 1 is 1.03 bits per heavy atom. The van der Waals surface area contributed by atoms with Crippen LogP contribution in [0.1, 0.15) is 15.9 Å². The van der Waals surface area contributed by atoms with E-state index < -0.39 is 17.1 Å². The molecule has 0 radical (unpaired) electrons. The molecular formula is C25H17BrClNO5S. The average Bonchev–Trinajstić information content (AvgIpc) is 3.09. The lowest BCUT2D eigenvalue weighted by Gasteiger charge is -2.13. The lowest BCUT2D eigenvalue weighted by atomic mass is 10.1. The summed E-state index contributed by atoms with van der Waals surface area (Å²) in [6, 6.07) is 20.7. The molecule has 0 saturated carbocycles. The number of nitrogens with zero attached hydrogens (tertiary/aromatic N) is 1. The van der Waals surface area contributed by atoms with Crippen molar-refractivity contribution in [2.45, 2.75) is 0 Å². The number of carbonyl (C=O) groups excluding carboxylic acids is 3. The van der Waals surface area contributed by atoms with Gasteiger partial charge in [-0.1, -0.05) is 57.9 Å². The number of halogens is 2. The average molecular weight is 559 g/mol. The van der Waals surface area contributed by atoms with Crippen LogP contribution in [-0.2, 0) is 4.79 Å². The molecule has 0 unspecified atom stereocenters. The molecular weight excluding hydrogens is 542 g/mol. The molecule has 2 amide bonds. The smallest absolute Gasteiger partial charge is 0.345 e. The SMILES string of the molecule is O=C(Oc1ccc(Br)cc1/C=C1\SC(=O)N(CCOc2ccccc2)C1=O)c1ccccc1Cl. The summed E-state index contributed by atoms with van der Waals surface area (Å²) in [5.41, 5.74) is 0.678. The van der Waals surface area contributed by atoms with Crippen molar-refractivity contribution in [2.24, 2.45) is 0 Å². The minimum Gasteiger partial charge on any atom is -0.492 e. The Bertz CT molecular complexity index is 1280. The van der Waals surface area contributed by atoms with Crippen molar-refractivity contribution in [1.29, 1.82) is 0 Å². The van der Waals surface area contributed by atoms with E-state index in [1.807, 2.05) is 18.2 Å². The number of ether oxygens (including phenoxy) is 2. The first-order chi connectivity index (χ1) is 16.4. The summed E-state index contributed by atoms with van der Waals surface area (Å²) in [4.78, 5) is 39.3. The van der Waals surface area contributed by atoms with Crippen LogP contribution in [0.2, 0.25) is 5.02 Å². The van der Waals surface area contributed by atoms with E-state index >= 15 is 0 Å². The van der Waals surface area contributed by atoms with E-state index in [9.17, 15) is 14.4 Å². The van der Waals surface area contributed by atoms with E-state index in [1.54, 1.807) is 54.6 Å². The molecule has 3 aromatic rings. The van der Waals surface area contributed by atoms with Crippen LogP contribution >= 0.6 is 39.3 Å². The molecule has 1 aliphatic heterocycles. The number of carbonyl (C=O) groups is 3. The fourth-order valence-electron chi connectivity index (χ4n) is 3.11. The molecule has 34 heavy (non-hydrogen) atoms. The maximum Gasteiger partial charge on any atom is 0.345 e. The Morgan fingerprint density at radius 3 is 2.53 bits per heavy atom. The van der Waals surface area contributed by atoms with E-state index in [0.717, 1.165) is 16.7 Å². The second-order valence-corrected chi connectivity index (χ2v) is 9.36. The maximum atomic E-state index is 12.9. The zero-order valence-electron chi connectivity index (χ0n) is 17.6. The van der Waals surface area contributed by atoms with Gasteiger partial charge >= 0.3 is 5.97 Å². The highest BCUT2D eigenvalue weighted by atomic mass is 79.9. The first-order valence-electron chi connectivity index (χ1n) is 10.1. The summed E-state index contributed by atoms with van der Waals surface area (Å²) in [5, 5.41) is -0.123. The summed E-state index contributed by atoms with van der Waals surface area (Å²) in [6.07, 6.45) is 1.53. The van der Waals surface area contributed by atoms with Gasteiger partial charge in [0, 0.05) is 10.0 Å². The van der Waals surface area contributed by atoms with Gasteiger partial charge in [-0.2, -0.15) is 0 Å². The zero-order valence-corrected chi connectivity index (χ0v) is 20.7. The van der Waals surface area contributed by atoms with E-state index in [0.29, 0.717) is 15.8 Å². The standard InChI is InChI=1S/C25H17BrClNO5S/c26-17-10-11-21(33-24(30)19-8-4-5-9-20(19)27)16(14-17)15-22-23(29)28(25(31)34-22)12-13-32-18-6-2-1-3-7-18/h1-11,14-15H,12-13H2/b22-15-. The van der Waals surface area contributed by atoms with E-state index in [2.05, 4.69) is 15.9 Å². The quantitative estimate of drug-likeness (QED) is 0.189. The lowest BCUT2D eigenvalue weighted by molar-refractivity contribution is -0.123. The third-order valence-corrected chi connectivity index (χ3v) is 6.49. The number of rotatable bonds is 7. The molecule has 0 spiro atoms. The third-order valence-electron chi connectivity index (χ3n) is 4.76. The van der Waals surface area contributed by atoms with Crippen LogP contribution in [0.25, 0.3) is 6.08 Å². The highest BCUT2D eigenvalue weighted by Crippen LogP contribution is 2.35. The van der Waals surface area contributed by atoms with Crippen LogP contribution < -0.4 is 9.47 Å². The van der Waals surface area contributed by atoms with Crippen LogP contribution in [0.3, 0.4) is 0 Å². The second-order valence-electron chi connectivity index (χ2n) is 7.05. The minimum absolute atomic E-state index is 0.115. The van der Waals surface area contributed by atoms with Crippen molar-refractivity contribution in [3.8, 4) is 11.5 Å². The number of imide groups is 1.